The van der Waals surface area contributed by atoms with E-state index in [-0.39, 0.29) is 17.8 Å². The largest absolute Gasteiger partial charge is 0.493 e. The van der Waals surface area contributed by atoms with Gasteiger partial charge in [-0.15, -0.1) is 0 Å². The van der Waals surface area contributed by atoms with E-state index in [1.165, 1.54) is 12.1 Å². The van der Waals surface area contributed by atoms with E-state index < -0.39 is 5.41 Å². The number of nitrogens with one attached hydrogen (secondary N) is 1. The van der Waals surface area contributed by atoms with Crippen molar-refractivity contribution in [2.24, 2.45) is 0 Å². The summed E-state index contributed by atoms with van der Waals surface area (Å²) in [5, 5.41) is 3.15. The van der Waals surface area contributed by atoms with E-state index in [1.54, 1.807) is 26.4 Å². The van der Waals surface area contributed by atoms with Crippen molar-refractivity contribution in [1.29, 1.82) is 0 Å². The van der Waals surface area contributed by atoms with E-state index >= 15 is 0 Å². The van der Waals surface area contributed by atoms with Gasteiger partial charge in [0.15, 0.2) is 11.5 Å². The number of hydrogen-bond acceptors (Lipinski definition) is 3. The Bertz CT molecular complexity index is 828. The maximum atomic E-state index is 13.3. The maximum Gasteiger partial charge on any atom is 0.231 e. The van der Waals surface area contributed by atoms with Gasteiger partial charge in [-0.05, 0) is 67.6 Å². The van der Waals surface area contributed by atoms with Gasteiger partial charge in [-0.2, -0.15) is 0 Å². The number of methoxy groups -OCH3 is 2. The average molecular weight is 371 g/mol. The molecule has 5 heteroatoms. The van der Waals surface area contributed by atoms with E-state index in [0.29, 0.717) is 11.5 Å². The maximum absolute atomic E-state index is 13.3. The number of aryl methyl sites for hydroxylation is 1. The van der Waals surface area contributed by atoms with Crippen molar-refractivity contribution in [3.05, 3.63) is 58.9 Å². The summed E-state index contributed by atoms with van der Waals surface area (Å²) < 4.78 is 24.0. The lowest BCUT2D eigenvalue weighted by Crippen LogP contribution is -2.49. The fourth-order valence-electron chi connectivity index (χ4n) is 3.82. The van der Waals surface area contributed by atoms with Crippen molar-refractivity contribution >= 4 is 5.91 Å². The van der Waals surface area contributed by atoms with Crippen LogP contribution in [-0.4, -0.2) is 20.1 Å². The summed E-state index contributed by atoms with van der Waals surface area (Å²) in [6.45, 7) is 3.95. The Balaban J connectivity index is 1.84. The number of rotatable bonds is 6. The summed E-state index contributed by atoms with van der Waals surface area (Å²) in [7, 11) is 3.20. The summed E-state index contributed by atoms with van der Waals surface area (Å²) in [5.41, 5.74) is 2.32. The van der Waals surface area contributed by atoms with E-state index in [4.69, 9.17) is 9.47 Å². The Morgan fingerprint density at radius 3 is 2.22 bits per heavy atom. The molecule has 0 saturated heterocycles. The molecule has 0 heterocycles. The minimum atomic E-state index is -0.563. The normalized spacial score (nSPS) is 16.2. The van der Waals surface area contributed by atoms with Crippen LogP contribution in [0.1, 0.15) is 48.9 Å². The van der Waals surface area contributed by atoms with Gasteiger partial charge >= 0.3 is 0 Å². The van der Waals surface area contributed by atoms with Crippen LogP contribution in [0.15, 0.2) is 36.4 Å². The molecule has 144 valence electrons. The summed E-state index contributed by atoms with van der Waals surface area (Å²) >= 11 is 0. The van der Waals surface area contributed by atoms with Crippen LogP contribution in [-0.2, 0) is 10.2 Å². The molecule has 2 aromatic carbocycles. The van der Waals surface area contributed by atoms with Gasteiger partial charge < -0.3 is 14.8 Å². The second kappa shape index (κ2) is 7.59. The molecule has 0 aliphatic heterocycles. The Labute approximate surface area is 159 Å². The first-order chi connectivity index (χ1) is 12.9. The Kier molecular flexibility index (Phi) is 5.40. The highest BCUT2D eigenvalue weighted by Gasteiger charge is 2.46. The van der Waals surface area contributed by atoms with Gasteiger partial charge in [-0.3, -0.25) is 4.79 Å². The predicted octanol–water partition coefficient (Wildman–Crippen LogP) is 4.45. The van der Waals surface area contributed by atoms with Gasteiger partial charge in [0.05, 0.1) is 25.7 Å². The molecule has 2 aromatic rings. The zero-order valence-corrected chi connectivity index (χ0v) is 16.3. The minimum absolute atomic E-state index is 0.0120. The van der Waals surface area contributed by atoms with Gasteiger partial charge in [0.25, 0.3) is 0 Å². The van der Waals surface area contributed by atoms with Crippen LogP contribution in [0, 0.1) is 12.7 Å². The van der Waals surface area contributed by atoms with Gasteiger partial charge in [-0.25, -0.2) is 4.39 Å². The third kappa shape index (κ3) is 3.51. The molecular weight excluding hydrogens is 345 g/mol. The quantitative estimate of drug-likeness (QED) is 0.816. The monoisotopic (exact) mass is 371 g/mol. The van der Waals surface area contributed by atoms with Gasteiger partial charge in [-0.1, -0.05) is 18.6 Å². The lowest BCUT2D eigenvalue weighted by molar-refractivity contribution is -0.130. The van der Waals surface area contributed by atoms with Crippen LogP contribution in [0.5, 0.6) is 11.5 Å². The second-order valence-corrected chi connectivity index (χ2v) is 7.20. The molecule has 4 nitrogen and oxygen atoms in total. The average Bonchev–Trinajstić information content (AvgIpc) is 2.61. The number of amides is 1. The van der Waals surface area contributed by atoms with Crippen LogP contribution in [0.2, 0.25) is 0 Å². The smallest absolute Gasteiger partial charge is 0.231 e. The van der Waals surface area contributed by atoms with Crippen LogP contribution < -0.4 is 14.8 Å². The fourth-order valence-corrected chi connectivity index (χ4v) is 3.82. The lowest BCUT2D eigenvalue weighted by atomic mass is 9.63. The highest BCUT2D eigenvalue weighted by Crippen LogP contribution is 2.44. The summed E-state index contributed by atoms with van der Waals surface area (Å²) in [4.78, 5) is 13.1. The number of carbonyl (C=O) groups excluding carboxylic acids is 1. The first kappa shape index (κ1) is 19.2. The van der Waals surface area contributed by atoms with Crippen LogP contribution in [0.4, 0.5) is 4.39 Å². The minimum Gasteiger partial charge on any atom is -0.493 e. The third-order valence-electron chi connectivity index (χ3n) is 5.62. The molecular formula is C22H26FNO3. The highest BCUT2D eigenvalue weighted by molar-refractivity contribution is 5.89. The van der Waals surface area contributed by atoms with E-state index in [2.05, 4.69) is 5.32 Å². The first-order valence-corrected chi connectivity index (χ1v) is 9.21. The Hall–Kier alpha value is -2.56. The predicted molar refractivity (Wildman–Crippen MR) is 103 cm³/mol. The second-order valence-electron chi connectivity index (χ2n) is 7.20. The lowest BCUT2D eigenvalue weighted by Gasteiger charge is -2.41. The molecule has 1 amide bonds. The summed E-state index contributed by atoms with van der Waals surface area (Å²) in [5.74, 6) is 1.00. The highest BCUT2D eigenvalue weighted by atomic mass is 19.1. The molecule has 1 atom stereocenters. The molecule has 0 bridgehead atoms. The zero-order chi connectivity index (χ0) is 19.6. The van der Waals surface area contributed by atoms with E-state index in [9.17, 15) is 9.18 Å². The van der Waals surface area contributed by atoms with Gasteiger partial charge in [0.2, 0.25) is 5.91 Å². The number of ether oxygens (including phenoxy) is 2. The summed E-state index contributed by atoms with van der Waals surface area (Å²) in [6.07, 6.45) is 2.55. The molecule has 1 aliphatic carbocycles. The topological polar surface area (TPSA) is 47.6 Å². The van der Waals surface area contributed by atoms with Crippen LogP contribution >= 0.6 is 0 Å². The molecule has 3 rings (SSSR count). The van der Waals surface area contributed by atoms with E-state index in [0.717, 1.165) is 36.0 Å². The number of halogens is 1. The third-order valence-corrected chi connectivity index (χ3v) is 5.62. The SMILES string of the molecule is COc1cc(C)c([C@H](C)NC(=O)C2(c3ccc(F)cc3)CCC2)cc1OC. The van der Waals surface area contributed by atoms with Crippen molar-refractivity contribution in [3.8, 4) is 11.5 Å². The standard InChI is InChI=1S/C22H26FNO3/c1-14-12-19(26-3)20(27-4)13-18(14)15(2)24-21(25)22(10-5-11-22)16-6-8-17(23)9-7-16/h6-9,12-13,15H,5,10-11H2,1-4H3,(H,24,25)/t15-/m0/s1. The van der Waals surface area contributed by atoms with Gasteiger partial charge in [0, 0.05) is 0 Å². The number of carbonyl (C=O) groups is 1. The van der Waals surface area contributed by atoms with Crippen LogP contribution in [0.25, 0.3) is 0 Å². The molecule has 27 heavy (non-hydrogen) atoms. The number of hydrogen-bond donors (Lipinski definition) is 1. The van der Waals surface area contributed by atoms with E-state index in [1.807, 2.05) is 26.0 Å². The fraction of sp³-hybridized carbons (Fsp3) is 0.409. The Morgan fingerprint density at radius 2 is 1.70 bits per heavy atom. The molecule has 1 saturated carbocycles. The molecule has 1 aliphatic rings. The zero-order valence-electron chi connectivity index (χ0n) is 16.3. The molecule has 0 radical (unpaired) electrons. The van der Waals surface area contributed by atoms with Crippen molar-refractivity contribution in [1.82, 2.24) is 5.32 Å². The van der Waals surface area contributed by atoms with Crippen molar-refractivity contribution < 1.29 is 18.7 Å². The Morgan fingerprint density at radius 1 is 1.11 bits per heavy atom. The van der Waals surface area contributed by atoms with Gasteiger partial charge in [0.1, 0.15) is 5.82 Å². The molecule has 0 aromatic heterocycles. The van der Waals surface area contributed by atoms with Crippen molar-refractivity contribution in [2.45, 2.75) is 44.6 Å². The van der Waals surface area contributed by atoms with Crippen molar-refractivity contribution in [3.63, 3.8) is 0 Å². The van der Waals surface area contributed by atoms with Crippen LogP contribution in [0.3, 0.4) is 0 Å². The molecule has 0 spiro atoms. The first-order valence-electron chi connectivity index (χ1n) is 9.21. The molecule has 0 unspecified atom stereocenters. The number of benzene rings is 2. The molecule has 1 N–H and O–H groups in total. The molecule has 1 fully saturated rings. The van der Waals surface area contributed by atoms with Crippen molar-refractivity contribution in [2.75, 3.05) is 14.2 Å². The summed E-state index contributed by atoms with van der Waals surface area (Å²) in [6, 6.07) is 9.92.